The van der Waals surface area contributed by atoms with Crippen molar-refractivity contribution in [1.29, 1.82) is 0 Å². The van der Waals surface area contributed by atoms with Gasteiger partial charge in [-0.2, -0.15) is 0 Å². The summed E-state index contributed by atoms with van der Waals surface area (Å²) in [4.78, 5) is 26.8. The first-order valence-corrected chi connectivity index (χ1v) is 9.97. The summed E-state index contributed by atoms with van der Waals surface area (Å²) in [6.45, 7) is 0.780. The van der Waals surface area contributed by atoms with Gasteiger partial charge >= 0.3 is 0 Å². The molecule has 0 radical (unpaired) electrons. The quantitative estimate of drug-likeness (QED) is 0.753. The molecule has 0 unspecified atom stereocenters. The number of anilines is 1. The molecular formula is C22H24N4O2. The second-order valence-corrected chi connectivity index (χ2v) is 7.89. The molecule has 1 fully saturated rings. The van der Waals surface area contributed by atoms with Gasteiger partial charge in [0.25, 0.3) is 0 Å². The third-order valence-corrected chi connectivity index (χ3v) is 6.16. The molecule has 3 aromatic rings. The van der Waals surface area contributed by atoms with Gasteiger partial charge in [-0.05, 0) is 49.8 Å². The number of rotatable bonds is 4. The van der Waals surface area contributed by atoms with Crippen LogP contribution < -0.4 is 4.90 Å². The number of carbonyl (C=O) groups excluding carboxylic acids is 1. The van der Waals surface area contributed by atoms with Crippen LogP contribution in [0.25, 0.3) is 22.2 Å². The summed E-state index contributed by atoms with van der Waals surface area (Å²) < 4.78 is 5.48. The standard InChI is InChI=1S/C22H24N4O2/c1-28-18-4-2-14(3-5-18)13-26-20-9-17(11-24-19(20)10-21(26)27)16-8-15-6-7-23-22(15)25-12-16/h6-9,11-12,14,18H,2-5,10,13H2,1H3,(H,23,25). The van der Waals surface area contributed by atoms with Gasteiger partial charge in [0.1, 0.15) is 5.65 Å². The van der Waals surface area contributed by atoms with E-state index >= 15 is 0 Å². The van der Waals surface area contributed by atoms with Crippen LogP contribution in [0.5, 0.6) is 0 Å². The Labute approximate surface area is 163 Å². The van der Waals surface area contributed by atoms with E-state index in [9.17, 15) is 4.79 Å². The molecule has 1 amide bonds. The molecule has 5 rings (SSSR count). The molecule has 4 heterocycles. The van der Waals surface area contributed by atoms with E-state index in [1.807, 2.05) is 29.6 Å². The van der Waals surface area contributed by atoms with Crippen LogP contribution in [0.15, 0.2) is 36.8 Å². The predicted molar refractivity (Wildman–Crippen MR) is 108 cm³/mol. The lowest BCUT2D eigenvalue weighted by Crippen LogP contribution is -2.34. The number of amides is 1. The van der Waals surface area contributed by atoms with Crippen LogP contribution in [-0.2, 0) is 16.0 Å². The molecule has 0 bridgehead atoms. The van der Waals surface area contributed by atoms with E-state index in [0.717, 1.165) is 65.8 Å². The van der Waals surface area contributed by atoms with Crippen molar-refractivity contribution in [3.05, 3.63) is 42.5 Å². The fourth-order valence-electron chi connectivity index (χ4n) is 4.49. The molecular weight excluding hydrogens is 352 g/mol. The van der Waals surface area contributed by atoms with Gasteiger partial charge < -0.3 is 14.6 Å². The SMILES string of the molecule is COC1CCC(CN2C(=O)Cc3ncc(-c4cnc5[nH]ccc5c4)cc32)CC1. The van der Waals surface area contributed by atoms with Crippen LogP contribution in [0, 0.1) is 5.92 Å². The average Bonchev–Trinajstić information content (AvgIpc) is 3.32. The lowest BCUT2D eigenvalue weighted by molar-refractivity contribution is -0.117. The highest BCUT2D eigenvalue weighted by molar-refractivity contribution is 6.01. The molecule has 3 aromatic heterocycles. The lowest BCUT2D eigenvalue weighted by Gasteiger charge is -2.30. The van der Waals surface area contributed by atoms with Gasteiger partial charge in [-0.1, -0.05) is 0 Å². The molecule has 0 spiro atoms. The Hall–Kier alpha value is -2.73. The number of hydrogen-bond donors (Lipinski definition) is 1. The van der Waals surface area contributed by atoms with E-state index < -0.39 is 0 Å². The largest absolute Gasteiger partial charge is 0.381 e. The van der Waals surface area contributed by atoms with Crippen molar-refractivity contribution in [2.75, 3.05) is 18.6 Å². The minimum Gasteiger partial charge on any atom is -0.381 e. The molecule has 2 aliphatic rings. The Kier molecular flexibility index (Phi) is 4.36. The second-order valence-electron chi connectivity index (χ2n) is 7.89. The van der Waals surface area contributed by atoms with E-state index in [1.54, 1.807) is 7.11 Å². The van der Waals surface area contributed by atoms with Crippen molar-refractivity contribution >= 4 is 22.6 Å². The highest BCUT2D eigenvalue weighted by Crippen LogP contribution is 2.35. The van der Waals surface area contributed by atoms with Gasteiger partial charge in [0.2, 0.25) is 5.91 Å². The summed E-state index contributed by atoms with van der Waals surface area (Å²) in [6, 6.07) is 6.22. The van der Waals surface area contributed by atoms with Crippen LogP contribution in [-0.4, -0.2) is 40.6 Å². The first-order valence-electron chi connectivity index (χ1n) is 9.97. The summed E-state index contributed by atoms with van der Waals surface area (Å²) in [5, 5.41) is 1.07. The number of H-pyrrole nitrogens is 1. The van der Waals surface area contributed by atoms with Crippen molar-refractivity contribution in [3.8, 4) is 11.1 Å². The van der Waals surface area contributed by atoms with Crippen LogP contribution in [0.3, 0.4) is 0 Å². The summed E-state index contributed by atoms with van der Waals surface area (Å²) in [6.07, 6.45) is 10.8. The van der Waals surface area contributed by atoms with E-state index in [1.165, 1.54) is 0 Å². The third-order valence-electron chi connectivity index (χ3n) is 6.16. The summed E-state index contributed by atoms with van der Waals surface area (Å²) in [5.74, 6) is 0.690. The number of ether oxygens (including phenoxy) is 1. The molecule has 0 atom stereocenters. The first-order chi connectivity index (χ1) is 13.7. The zero-order chi connectivity index (χ0) is 19.1. The molecule has 1 aliphatic carbocycles. The molecule has 1 aliphatic heterocycles. The van der Waals surface area contributed by atoms with E-state index in [-0.39, 0.29) is 5.91 Å². The maximum atomic E-state index is 12.7. The Balaban J connectivity index is 1.41. The monoisotopic (exact) mass is 376 g/mol. The van der Waals surface area contributed by atoms with E-state index in [0.29, 0.717) is 18.4 Å². The van der Waals surface area contributed by atoms with Crippen molar-refractivity contribution < 1.29 is 9.53 Å². The van der Waals surface area contributed by atoms with Crippen LogP contribution in [0.1, 0.15) is 31.4 Å². The zero-order valence-electron chi connectivity index (χ0n) is 16.0. The fraction of sp³-hybridized carbons (Fsp3) is 0.409. The first kappa shape index (κ1) is 17.4. The molecule has 0 saturated heterocycles. The number of nitrogens with zero attached hydrogens (tertiary/aromatic N) is 3. The topological polar surface area (TPSA) is 71.1 Å². The maximum absolute atomic E-state index is 12.7. The molecule has 28 heavy (non-hydrogen) atoms. The minimum atomic E-state index is 0.160. The van der Waals surface area contributed by atoms with Crippen LogP contribution >= 0.6 is 0 Å². The normalized spacial score (nSPS) is 22.0. The summed E-state index contributed by atoms with van der Waals surface area (Å²) in [5.41, 5.74) is 4.74. The molecule has 6 heteroatoms. The summed E-state index contributed by atoms with van der Waals surface area (Å²) >= 11 is 0. The maximum Gasteiger partial charge on any atom is 0.233 e. The lowest BCUT2D eigenvalue weighted by atomic mass is 9.87. The Morgan fingerprint density at radius 2 is 1.93 bits per heavy atom. The van der Waals surface area contributed by atoms with E-state index in [4.69, 9.17) is 4.74 Å². The molecule has 1 N–H and O–H groups in total. The van der Waals surface area contributed by atoms with Crippen molar-refractivity contribution in [2.24, 2.45) is 5.92 Å². The number of methoxy groups -OCH3 is 1. The number of carbonyl (C=O) groups is 1. The third kappa shape index (κ3) is 3.07. The van der Waals surface area contributed by atoms with Gasteiger partial charge in [0.15, 0.2) is 0 Å². The average molecular weight is 376 g/mol. The Morgan fingerprint density at radius 3 is 2.75 bits per heavy atom. The number of pyridine rings is 2. The predicted octanol–water partition coefficient (Wildman–Crippen LogP) is 3.72. The van der Waals surface area contributed by atoms with Gasteiger partial charge in [-0.25, -0.2) is 4.98 Å². The molecule has 0 aromatic carbocycles. The number of aromatic nitrogens is 3. The Bertz CT molecular complexity index is 1020. The summed E-state index contributed by atoms with van der Waals surface area (Å²) in [7, 11) is 1.79. The van der Waals surface area contributed by atoms with Crippen molar-refractivity contribution in [1.82, 2.24) is 15.0 Å². The van der Waals surface area contributed by atoms with Crippen molar-refractivity contribution in [3.63, 3.8) is 0 Å². The van der Waals surface area contributed by atoms with Gasteiger partial charge in [0, 0.05) is 48.8 Å². The number of aromatic amines is 1. The fourth-order valence-corrected chi connectivity index (χ4v) is 4.49. The zero-order valence-corrected chi connectivity index (χ0v) is 16.0. The van der Waals surface area contributed by atoms with Crippen molar-refractivity contribution in [2.45, 2.75) is 38.2 Å². The number of nitrogens with one attached hydrogen (secondary N) is 1. The highest BCUT2D eigenvalue weighted by atomic mass is 16.5. The number of hydrogen-bond acceptors (Lipinski definition) is 4. The Morgan fingerprint density at radius 1 is 1.14 bits per heavy atom. The van der Waals surface area contributed by atoms with Gasteiger partial charge in [-0.3, -0.25) is 9.78 Å². The van der Waals surface area contributed by atoms with E-state index in [2.05, 4.69) is 27.1 Å². The molecule has 6 nitrogen and oxygen atoms in total. The molecule has 1 saturated carbocycles. The minimum absolute atomic E-state index is 0.160. The van der Waals surface area contributed by atoms with Crippen LogP contribution in [0.2, 0.25) is 0 Å². The second kappa shape index (κ2) is 7.02. The van der Waals surface area contributed by atoms with Gasteiger partial charge in [0.05, 0.1) is 23.9 Å². The highest BCUT2D eigenvalue weighted by Gasteiger charge is 2.32. The smallest absolute Gasteiger partial charge is 0.233 e. The number of fused-ring (bicyclic) bond motifs is 2. The molecule has 144 valence electrons. The van der Waals surface area contributed by atoms with Crippen LogP contribution in [0.4, 0.5) is 5.69 Å². The van der Waals surface area contributed by atoms with Gasteiger partial charge in [-0.15, -0.1) is 0 Å².